The molecule has 2 rings (SSSR count). The average molecular weight is 183 g/mol. The summed E-state index contributed by atoms with van der Waals surface area (Å²) in [4.78, 5) is 11.7. The fourth-order valence-electron chi connectivity index (χ4n) is 1.81. The molecule has 2 heterocycles. The Morgan fingerprint density at radius 3 is 3.08 bits per heavy atom. The first-order valence-electron chi connectivity index (χ1n) is 4.90. The zero-order valence-electron chi connectivity index (χ0n) is 7.66. The van der Waals surface area contributed by atoms with Crippen LogP contribution in [0.25, 0.3) is 0 Å². The highest BCUT2D eigenvalue weighted by atomic mass is 16.5. The molecule has 0 aromatic rings. The number of nitrogens with one attached hydrogen (secondary N) is 1. The molecule has 0 aromatic carbocycles. The third-order valence-corrected chi connectivity index (χ3v) is 2.55. The van der Waals surface area contributed by atoms with Crippen molar-refractivity contribution in [3.8, 4) is 0 Å². The number of nitrogens with zero attached hydrogens (tertiary/aromatic N) is 1. The van der Waals surface area contributed by atoms with Crippen LogP contribution in [0.5, 0.6) is 0 Å². The van der Waals surface area contributed by atoms with Crippen molar-refractivity contribution in [2.75, 3.05) is 26.2 Å². The van der Waals surface area contributed by atoms with Gasteiger partial charge in [-0.3, -0.25) is 4.79 Å². The normalized spacial score (nSPS) is 34.8. The van der Waals surface area contributed by atoms with Gasteiger partial charge in [0.15, 0.2) is 5.78 Å². The average Bonchev–Trinajstić information content (AvgIpc) is 2.71. The number of carbonyl (C=O) groups excluding carboxylic acids is 1. The minimum absolute atomic E-state index is 0.156. The van der Waals surface area contributed by atoms with Crippen molar-refractivity contribution in [3.63, 3.8) is 0 Å². The van der Waals surface area contributed by atoms with Crippen LogP contribution in [-0.2, 0) is 9.53 Å². The Bertz CT molecular complexity index is 184. The summed E-state index contributed by atoms with van der Waals surface area (Å²) in [5.41, 5.74) is 0. The first-order valence-corrected chi connectivity index (χ1v) is 4.90. The van der Waals surface area contributed by atoms with Gasteiger partial charge in [0.1, 0.15) is 6.10 Å². The molecule has 0 spiro atoms. The van der Waals surface area contributed by atoms with Crippen molar-refractivity contribution in [1.29, 1.82) is 0 Å². The fraction of sp³-hybridized carbons (Fsp3) is 0.889. The quantitative estimate of drug-likeness (QED) is 0.616. The number of ketones is 1. The summed E-state index contributed by atoms with van der Waals surface area (Å²) < 4.78 is 5.33. The number of carbonyl (C=O) groups is 1. The van der Waals surface area contributed by atoms with Gasteiger partial charge in [-0.15, -0.1) is 0 Å². The van der Waals surface area contributed by atoms with Gasteiger partial charge in [0.2, 0.25) is 0 Å². The highest BCUT2D eigenvalue weighted by Crippen LogP contribution is 2.14. The summed E-state index contributed by atoms with van der Waals surface area (Å²) in [7, 11) is 0. The van der Waals surface area contributed by atoms with Gasteiger partial charge in [-0.1, -0.05) is 0 Å². The summed E-state index contributed by atoms with van der Waals surface area (Å²) in [5.74, 6) is 0.171. The molecule has 13 heavy (non-hydrogen) atoms. The number of ether oxygens (including phenoxy) is 1. The van der Waals surface area contributed by atoms with Crippen LogP contribution in [0.3, 0.4) is 0 Å². The van der Waals surface area contributed by atoms with E-state index in [1.54, 1.807) is 0 Å². The van der Waals surface area contributed by atoms with Gasteiger partial charge < -0.3 is 10.1 Å². The summed E-state index contributed by atoms with van der Waals surface area (Å²) >= 11 is 0. The first kappa shape index (κ1) is 9.12. The SMILES string of the molecule is O=C(C1CNCC[N]1)C1CCCO1. The van der Waals surface area contributed by atoms with E-state index in [-0.39, 0.29) is 17.9 Å². The second kappa shape index (κ2) is 4.17. The van der Waals surface area contributed by atoms with Gasteiger partial charge in [0, 0.05) is 26.2 Å². The Hall–Kier alpha value is -0.450. The molecule has 2 fully saturated rings. The van der Waals surface area contributed by atoms with Crippen LogP contribution in [0.4, 0.5) is 0 Å². The molecule has 2 aliphatic heterocycles. The predicted molar refractivity (Wildman–Crippen MR) is 47.6 cm³/mol. The Kier molecular flexibility index (Phi) is 2.93. The van der Waals surface area contributed by atoms with Crippen LogP contribution in [-0.4, -0.2) is 44.2 Å². The Morgan fingerprint density at radius 2 is 2.46 bits per heavy atom. The van der Waals surface area contributed by atoms with Crippen LogP contribution in [0.15, 0.2) is 0 Å². The van der Waals surface area contributed by atoms with Gasteiger partial charge in [-0.05, 0) is 12.8 Å². The number of hydrogen-bond donors (Lipinski definition) is 1. The smallest absolute Gasteiger partial charge is 0.181 e. The summed E-state index contributed by atoms with van der Waals surface area (Å²) in [6.45, 7) is 3.08. The molecular weight excluding hydrogens is 168 g/mol. The van der Waals surface area contributed by atoms with Crippen LogP contribution < -0.4 is 10.6 Å². The Balaban J connectivity index is 1.87. The molecule has 73 valence electrons. The standard InChI is InChI=1S/C9H15N2O2/c12-9(8-2-1-5-13-8)7-6-10-3-4-11-7/h7-8,10H,1-6H2. The topological polar surface area (TPSA) is 52.4 Å². The molecule has 0 amide bonds. The lowest BCUT2D eigenvalue weighted by atomic mass is 10.0. The van der Waals surface area contributed by atoms with Crippen molar-refractivity contribution < 1.29 is 9.53 Å². The molecule has 2 saturated heterocycles. The van der Waals surface area contributed by atoms with E-state index in [2.05, 4.69) is 10.6 Å². The maximum absolute atomic E-state index is 11.7. The van der Waals surface area contributed by atoms with E-state index in [0.29, 0.717) is 6.54 Å². The lowest BCUT2D eigenvalue weighted by Gasteiger charge is -2.23. The molecule has 1 N–H and O–H groups in total. The van der Waals surface area contributed by atoms with Crippen molar-refractivity contribution in [2.45, 2.75) is 25.0 Å². The maximum atomic E-state index is 11.7. The van der Waals surface area contributed by atoms with Gasteiger partial charge in [-0.2, -0.15) is 0 Å². The minimum atomic E-state index is -0.173. The van der Waals surface area contributed by atoms with Crippen LogP contribution >= 0.6 is 0 Å². The second-order valence-corrected chi connectivity index (χ2v) is 3.53. The number of piperazine rings is 1. The molecule has 4 nitrogen and oxygen atoms in total. The van der Waals surface area contributed by atoms with E-state index in [0.717, 1.165) is 32.5 Å². The number of rotatable bonds is 2. The maximum Gasteiger partial charge on any atom is 0.181 e. The van der Waals surface area contributed by atoms with Crippen LogP contribution in [0.1, 0.15) is 12.8 Å². The largest absolute Gasteiger partial charge is 0.370 e. The lowest BCUT2D eigenvalue weighted by molar-refractivity contribution is -0.130. The zero-order valence-corrected chi connectivity index (χ0v) is 7.66. The van der Waals surface area contributed by atoms with Crippen molar-refractivity contribution in [3.05, 3.63) is 0 Å². The first-order chi connectivity index (χ1) is 6.38. The van der Waals surface area contributed by atoms with Gasteiger partial charge in [0.05, 0.1) is 6.04 Å². The molecular formula is C9H15N2O2. The predicted octanol–water partition coefficient (Wildman–Crippen LogP) is -0.689. The monoisotopic (exact) mass is 183 g/mol. The van der Waals surface area contributed by atoms with Gasteiger partial charge >= 0.3 is 0 Å². The molecule has 0 aliphatic carbocycles. The number of hydrogen-bond acceptors (Lipinski definition) is 3. The van der Waals surface area contributed by atoms with E-state index in [9.17, 15) is 4.79 Å². The lowest BCUT2D eigenvalue weighted by Crippen LogP contribution is -2.51. The van der Waals surface area contributed by atoms with E-state index >= 15 is 0 Å². The Labute approximate surface area is 78.0 Å². The molecule has 4 heteroatoms. The van der Waals surface area contributed by atoms with E-state index in [1.807, 2.05) is 0 Å². The molecule has 1 radical (unpaired) electrons. The fourth-order valence-corrected chi connectivity index (χ4v) is 1.81. The summed E-state index contributed by atoms with van der Waals surface area (Å²) in [6.07, 6.45) is 1.72. The summed E-state index contributed by atoms with van der Waals surface area (Å²) in [6, 6.07) is -0.156. The van der Waals surface area contributed by atoms with Gasteiger partial charge in [-0.25, -0.2) is 5.32 Å². The van der Waals surface area contributed by atoms with Crippen LogP contribution in [0, 0.1) is 0 Å². The molecule has 0 bridgehead atoms. The van der Waals surface area contributed by atoms with E-state index in [1.165, 1.54) is 0 Å². The van der Waals surface area contributed by atoms with Crippen molar-refractivity contribution in [2.24, 2.45) is 0 Å². The van der Waals surface area contributed by atoms with Crippen molar-refractivity contribution in [1.82, 2.24) is 10.6 Å². The zero-order chi connectivity index (χ0) is 9.10. The molecule has 0 saturated carbocycles. The third kappa shape index (κ3) is 2.07. The Morgan fingerprint density at radius 1 is 1.54 bits per heavy atom. The minimum Gasteiger partial charge on any atom is -0.370 e. The highest BCUT2D eigenvalue weighted by molar-refractivity contribution is 5.88. The third-order valence-electron chi connectivity index (χ3n) is 2.55. The van der Waals surface area contributed by atoms with Crippen molar-refractivity contribution >= 4 is 5.78 Å². The molecule has 0 aromatic heterocycles. The molecule has 2 atom stereocenters. The van der Waals surface area contributed by atoms with E-state index < -0.39 is 0 Å². The molecule has 2 aliphatic rings. The second-order valence-electron chi connectivity index (χ2n) is 3.53. The highest BCUT2D eigenvalue weighted by Gasteiger charge is 2.31. The van der Waals surface area contributed by atoms with E-state index in [4.69, 9.17) is 4.74 Å². The van der Waals surface area contributed by atoms with Crippen LogP contribution in [0.2, 0.25) is 0 Å². The summed E-state index contributed by atoms with van der Waals surface area (Å²) in [5, 5.41) is 7.45. The number of Topliss-reactive ketones (excluding diaryl/α,β-unsaturated/α-hetero) is 1. The molecule has 2 unspecified atom stereocenters. The van der Waals surface area contributed by atoms with Gasteiger partial charge in [0.25, 0.3) is 0 Å².